The molecule has 0 saturated heterocycles. The second kappa shape index (κ2) is 8.55. The van der Waals surface area contributed by atoms with Crippen molar-refractivity contribution in [1.29, 1.82) is 0 Å². The molecule has 0 radical (unpaired) electrons. The van der Waals surface area contributed by atoms with Gasteiger partial charge in [0.05, 0.1) is 11.4 Å². The second-order valence-corrected chi connectivity index (χ2v) is 7.60. The number of carbonyl (C=O) groups excluding carboxylic acids is 2. The summed E-state index contributed by atoms with van der Waals surface area (Å²) >= 11 is 0. The fourth-order valence-corrected chi connectivity index (χ4v) is 3.69. The van der Waals surface area contributed by atoms with Crippen molar-refractivity contribution in [2.24, 2.45) is 0 Å². The van der Waals surface area contributed by atoms with E-state index in [1.807, 2.05) is 42.6 Å². The van der Waals surface area contributed by atoms with Crippen LogP contribution in [-0.2, 0) is 11.3 Å². The number of benzene rings is 3. The molecule has 0 atom stereocenters. The van der Waals surface area contributed by atoms with Gasteiger partial charge in [-0.25, -0.2) is 9.07 Å². The van der Waals surface area contributed by atoms with Gasteiger partial charge in [-0.2, -0.15) is 5.10 Å². The fraction of sp³-hybridized carbons (Fsp3) is 0.0385. The molecule has 162 valence electrons. The largest absolute Gasteiger partial charge is 0.348 e. The number of anilines is 1. The van der Waals surface area contributed by atoms with E-state index < -0.39 is 0 Å². The maximum atomic E-state index is 13.4. The molecule has 0 bridgehead atoms. The van der Waals surface area contributed by atoms with Crippen molar-refractivity contribution in [2.45, 2.75) is 6.54 Å². The Hall–Kier alpha value is -4.52. The molecule has 0 spiro atoms. The summed E-state index contributed by atoms with van der Waals surface area (Å²) < 4.78 is 15.1. The van der Waals surface area contributed by atoms with Crippen molar-refractivity contribution in [3.05, 3.63) is 108 Å². The third-order valence-corrected chi connectivity index (χ3v) is 5.36. The Labute approximate surface area is 189 Å². The predicted molar refractivity (Wildman–Crippen MR) is 124 cm³/mol. The van der Waals surface area contributed by atoms with Gasteiger partial charge < -0.3 is 10.6 Å². The molecule has 0 unspecified atom stereocenters. The minimum Gasteiger partial charge on any atom is -0.348 e. The molecule has 5 rings (SSSR count). The first-order valence-corrected chi connectivity index (χ1v) is 10.4. The van der Waals surface area contributed by atoms with Gasteiger partial charge in [0.15, 0.2) is 0 Å². The molecule has 33 heavy (non-hydrogen) atoms. The highest BCUT2D eigenvalue weighted by Crippen LogP contribution is 2.25. The lowest BCUT2D eigenvalue weighted by molar-refractivity contribution is -0.111. The normalized spacial score (nSPS) is 12.6. The maximum absolute atomic E-state index is 13.4. The van der Waals surface area contributed by atoms with Gasteiger partial charge in [0.2, 0.25) is 5.91 Å². The molecule has 0 fully saturated rings. The molecule has 2 amide bonds. The van der Waals surface area contributed by atoms with Crippen LogP contribution >= 0.6 is 0 Å². The third kappa shape index (κ3) is 4.29. The molecule has 2 heterocycles. The Kier molecular flexibility index (Phi) is 5.28. The summed E-state index contributed by atoms with van der Waals surface area (Å²) in [5.41, 5.74) is 4.94. The molecule has 0 saturated carbocycles. The quantitative estimate of drug-likeness (QED) is 0.448. The lowest BCUT2D eigenvalue weighted by Crippen LogP contribution is -2.13. The molecular formula is C26H19FN4O2. The van der Waals surface area contributed by atoms with Crippen molar-refractivity contribution in [2.75, 3.05) is 5.32 Å². The number of hydrogen-bond acceptors (Lipinski definition) is 3. The smallest absolute Gasteiger partial charge is 0.251 e. The Balaban J connectivity index is 1.42. The number of carbonyl (C=O) groups is 2. The summed E-state index contributed by atoms with van der Waals surface area (Å²) in [4.78, 5) is 24.4. The minimum absolute atomic E-state index is 0.145. The molecule has 4 aromatic rings. The summed E-state index contributed by atoms with van der Waals surface area (Å²) in [6.07, 6.45) is 4.89. The monoisotopic (exact) mass is 438 g/mol. The maximum Gasteiger partial charge on any atom is 0.251 e. The van der Waals surface area contributed by atoms with Gasteiger partial charge in [0.1, 0.15) is 5.82 Å². The van der Waals surface area contributed by atoms with E-state index in [1.54, 1.807) is 35.0 Å². The van der Waals surface area contributed by atoms with Gasteiger partial charge in [-0.15, -0.1) is 0 Å². The number of halogens is 1. The molecule has 1 aliphatic heterocycles. The zero-order valence-electron chi connectivity index (χ0n) is 17.5. The first-order chi connectivity index (χ1) is 16.1. The standard InChI is InChI=1S/C26H19FN4O2/c27-20-10-6-17(7-11-20)25-19(16-31(30-25)22-4-2-1-3-5-22)9-13-24(32)29-21-12-8-18-15-28-26(33)23(18)14-21/h1-14,16H,15H2,(H,28,33)(H,29,32)/b13-9+. The minimum atomic E-state index is -0.342. The van der Waals surface area contributed by atoms with Crippen molar-refractivity contribution in [1.82, 2.24) is 15.1 Å². The van der Waals surface area contributed by atoms with E-state index in [1.165, 1.54) is 18.2 Å². The molecule has 6 nitrogen and oxygen atoms in total. The number of aromatic nitrogens is 2. The lowest BCUT2D eigenvalue weighted by atomic mass is 10.1. The van der Waals surface area contributed by atoms with Gasteiger partial charge >= 0.3 is 0 Å². The number of nitrogens with zero attached hydrogens (tertiary/aromatic N) is 2. The molecule has 1 aliphatic rings. The van der Waals surface area contributed by atoms with E-state index in [0.717, 1.165) is 16.8 Å². The van der Waals surface area contributed by atoms with Crippen molar-refractivity contribution in [3.8, 4) is 16.9 Å². The van der Waals surface area contributed by atoms with Crippen molar-refractivity contribution in [3.63, 3.8) is 0 Å². The van der Waals surface area contributed by atoms with Crippen LogP contribution in [0.2, 0.25) is 0 Å². The molecule has 7 heteroatoms. The van der Waals surface area contributed by atoms with Crippen molar-refractivity contribution >= 4 is 23.6 Å². The molecule has 3 aromatic carbocycles. The van der Waals surface area contributed by atoms with E-state index >= 15 is 0 Å². The Morgan fingerprint density at radius 1 is 1.06 bits per heavy atom. The number of para-hydroxylation sites is 1. The SMILES string of the molecule is O=C(/C=C/c1cn(-c2ccccc2)nc1-c1ccc(F)cc1)Nc1ccc2c(c1)C(=O)NC2. The number of hydrogen-bond donors (Lipinski definition) is 2. The summed E-state index contributed by atoms with van der Waals surface area (Å²) in [7, 11) is 0. The van der Waals surface area contributed by atoms with Gasteiger partial charge in [-0.05, 0) is 60.2 Å². The first-order valence-electron chi connectivity index (χ1n) is 10.4. The van der Waals surface area contributed by atoms with Gasteiger partial charge in [-0.3, -0.25) is 9.59 Å². The molecule has 1 aromatic heterocycles. The van der Waals surface area contributed by atoms with Crippen LogP contribution in [0, 0.1) is 5.82 Å². The van der Waals surface area contributed by atoms with E-state index in [2.05, 4.69) is 15.7 Å². The third-order valence-electron chi connectivity index (χ3n) is 5.36. The van der Waals surface area contributed by atoms with Crippen molar-refractivity contribution < 1.29 is 14.0 Å². The van der Waals surface area contributed by atoms with Crippen LogP contribution in [0.4, 0.5) is 10.1 Å². The van der Waals surface area contributed by atoms with Gasteiger partial charge in [0.25, 0.3) is 5.91 Å². The number of fused-ring (bicyclic) bond motifs is 1. The van der Waals surface area contributed by atoms with E-state index in [-0.39, 0.29) is 17.6 Å². The Morgan fingerprint density at radius 2 is 1.85 bits per heavy atom. The van der Waals surface area contributed by atoms with Crippen LogP contribution in [0.5, 0.6) is 0 Å². The number of amides is 2. The summed E-state index contributed by atoms with van der Waals surface area (Å²) in [6, 6.07) is 20.9. The summed E-state index contributed by atoms with van der Waals surface area (Å²) in [6.45, 7) is 0.500. The topological polar surface area (TPSA) is 76.0 Å². The van der Waals surface area contributed by atoms with Gasteiger partial charge in [-0.1, -0.05) is 24.3 Å². The molecule has 0 aliphatic carbocycles. The van der Waals surface area contributed by atoms with Gasteiger partial charge in [0, 0.05) is 41.2 Å². The summed E-state index contributed by atoms with van der Waals surface area (Å²) in [5, 5.41) is 10.2. The Bertz CT molecular complexity index is 1380. The van der Waals surface area contributed by atoms with Crippen LogP contribution in [0.3, 0.4) is 0 Å². The fourth-order valence-electron chi connectivity index (χ4n) is 3.69. The van der Waals surface area contributed by atoms with E-state index in [0.29, 0.717) is 29.1 Å². The number of rotatable bonds is 5. The highest BCUT2D eigenvalue weighted by molar-refractivity contribution is 6.04. The average Bonchev–Trinajstić information content (AvgIpc) is 3.43. The van der Waals surface area contributed by atoms with Crippen LogP contribution in [0.1, 0.15) is 21.5 Å². The highest BCUT2D eigenvalue weighted by atomic mass is 19.1. The van der Waals surface area contributed by atoms with Crippen LogP contribution in [0.25, 0.3) is 23.0 Å². The zero-order valence-corrected chi connectivity index (χ0v) is 17.5. The molecular weight excluding hydrogens is 419 g/mol. The molecule has 2 N–H and O–H groups in total. The van der Waals surface area contributed by atoms with Crippen LogP contribution in [0.15, 0.2) is 85.1 Å². The van der Waals surface area contributed by atoms with E-state index in [4.69, 9.17) is 0 Å². The highest BCUT2D eigenvalue weighted by Gasteiger charge is 2.19. The number of nitrogens with one attached hydrogen (secondary N) is 2. The predicted octanol–water partition coefficient (Wildman–Crippen LogP) is 4.57. The summed E-state index contributed by atoms with van der Waals surface area (Å²) in [5.74, 6) is -0.819. The van der Waals surface area contributed by atoms with Crippen LogP contribution < -0.4 is 10.6 Å². The Morgan fingerprint density at radius 3 is 2.64 bits per heavy atom. The average molecular weight is 438 g/mol. The second-order valence-electron chi connectivity index (χ2n) is 7.60. The first kappa shape index (κ1) is 20.4. The van der Waals surface area contributed by atoms with Crippen LogP contribution in [-0.4, -0.2) is 21.6 Å². The van der Waals surface area contributed by atoms with E-state index in [9.17, 15) is 14.0 Å². The lowest BCUT2D eigenvalue weighted by Gasteiger charge is -2.04. The zero-order chi connectivity index (χ0) is 22.8.